The molecule has 0 aliphatic carbocycles. The van der Waals surface area contributed by atoms with Gasteiger partial charge in [-0.2, -0.15) is 0 Å². The number of rotatable bonds is 2. The lowest BCUT2D eigenvalue weighted by atomic mass is 9.95. The van der Waals surface area contributed by atoms with Crippen LogP contribution in [0.4, 0.5) is 0 Å². The van der Waals surface area contributed by atoms with Crippen molar-refractivity contribution >= 4 is 5.97 Å². The van der Waals surface area contributed by atoms with Crippen LogP contribution in [0.1, 0.15) is 0 Å². The van der Waals surface area contributed by atoms with Crippen LogP contribution < -0.4 is 5.73 Å². The van der Waals surface area contributed by atoms with Crippen molar-refractivity contribution < 1.29 is 31.4 Å². The van der Waals surface area contributed by atoms with Gasteiger partial charge in [0.2, 0.25) is 5.72 Å². The summed E-state index contributed by atoms with van der Waals surface area (Å²) in [5.41, 5.74) is -1.27. The molecule has 7 nitrogen and oxygen atoms in total. The highest BCUT2D eigenvalue weighted by molar-refractivity contribution is 5.80. The molecule has 1 rings (SSSR count). The third-order valence-corrected chi connectivity index (χ3v) is 1.88. The molecule has 1 aliphatic rings. The number of carbonyl (C=O) groups is 1. The zero-order chi connectivity index (χ0) is 10.9. The van der Waals surface area contributed by atoms with Crippen molar-refractivity contribution in [2.75, 3.05) is 6.61 Å². The second-order valence-corrected chi connectivity index (χ2v) is 2.83. The van der Waals surface area contributed by atoms with E-state index in [1.807, 2.05) is 0 Å². The Morgan fingerprint density at radius 1 is 1.69 bits per heavy atom. The first-order valence-corrected chi connectivity index (χ1v) is 3.56. The number of nitrogens with two attached hydrogens (primary N) is 1. The Kier molecular flexibility index (Phi) is 2.18. The summed E-state index contributed by atoms with van der Waals surface area (Å²) in [6.45, 7) is -0.682. The van der Waals surface area contributed by atoms with Crippen LogP contribution in [0.2, 0.25) is 1.41 Å². The minimum Gasteiger partial charge on any atom is -0.454 e. The van der Waals surface area contributed by atoms with Crippen molar-refractivity contribution in [3.8, 4) is 0 Å². The minimum atomic E-state index is -2.66. The summed E-state index contributed by atoms with van der Waals surface area (Å²) in [5, 5.41) is 36.5. The van der Waals surface area contributed by atoms with Crippen LogP contribution >= 0.6 is 0 Å². The lowest BCUT2D eigenvalue weighted by Gasteiger charge is -2.38. The number of hydrogen-bond acceptors (Lipinski definition) is 7. The van der Waals surface area contributed by atoms with Crippen LogP contribution in [0, 0.1) is 0 Å². The Morgan fingerprint density at radius 3 is 2.77 bits per heavy atom. The van der Waals surface area contributed by atoms with Crippen LogP contribution in [0.3, 0.4) is 0 Å². The summed E-state index contributed by atoms with van der Waals surface area (Å²) in [4.78, 5) is 11.0. The number of esters is 1. The standard InChI is InChI=1S/C6H11NO6/c7-6(12)4(10)3(9)2(1-8)13-5(6)11/h2-4,8-10,12H,1,7H2/t2-,3-,4+,6-/m1/s1/i/hD. The molecule has 1 saturated heterocycles. The van der Waals surface area contributed by atoms with E-state index in [-0.39, 0.29) is 0 Å². The summed E-state index contributed by atoms with van der Waals surface area (Å²) in [5.74, 6) is -1.32. The number of aliphatic hydroxyl groups excluding tert-OH is 3. The van der Waals surface area contributed by atoms with Gasteiger partial charge in [-0.3, -0.25) is 5.73 Å². The molecule has 0 aromatic rings. The second kappa shape index (κ2) is 3.20. The van der Waals surface area contributed by atoms with Gasteiger partial charge < -0.3 is 25.2 Å². The molecule has 0 saturated carbocycles. The SMILES string of the molecule is [2H]N[C@]1(O)C(=O)O[C@H](CO)[C@@H](O)[C@@H]1O. The summed E-state index contributed by atoms with van der Waals surface area (Å²) >= 11 is 0. The van der Waals surface area contributed by atoms with E-state index in [1.165, 1.54) is 5.73 Å². The zero-order valence-corrected chi connectivity index (χ0v) is 6.54. The fourth-order valence-electron chi connectivity index (χ4n) is 1.01. The number of carbonyl (C=O) groups excluding carboxylic acids is 1. The lowest BCUT2D eigenvalue weighted by Crippen LogP contribution is -2.69. The number of aliphatic hydroxyl groups is 4. The van der Waals surface area contributed by atoms with E-state index in [9.17, 15) is 20.1 Å². The zero-order valence-electron chi connectivity index (χ0n) is 7.54. The summed E-state index contributed by atoms with van der Waals surface area (Å²) < 4.78 is 11.0. The van der Waals surface area contributed by atoms with Crippen LogP contribution in [-0.2, 0) is 9.53 Å². The van der Waals surface area contributed by atoms with E-state index in [2.05, 4.69) is 4.74 Å². The molecule has 0 aromatic heterocycles. The van der Waals surface area contributed by atoms with E-state index in [0.29, 0.717) is 0 Å². The van der Waals surface area contributed by atoms with Crippen LogP contribution in [0.15, 0.2) is 0 Å². The molecule has 0 bridgehead atoms. The molecule has 0 spiro atoms. The molecular formula is C6H11NO6. The minimum absolute atomic E-state index is 0.682. The van der Waals surface area contributed by atoms with Gasteiger partial charge in [-0.05, 0) is 0 Å². The maximum Gasteiger partial charge on any atom is 0.356 e. The van der Waals surface area contributed by atoms with Crippen molar-refractivity contribution in [2.24, 2.45) is 5.73 Å². The molecule has 0 radical (unpaired) electrons. The van der Waals surface area contributed by atoms with Crippen molar-refractivity contribution in [3.05, 3.63) is 0 Å². The largest absolute Gasteiger partial charge is 0.454 e. The van der Waals surface area contributed by atoms with E-state index < -0.39 is 36.6 Å². The van der Waals surface area contributed by atoms with Gasteiger partial charge in [-0.25, -0.2) is 4.79 Å². The first-order valence-electron chi connectivity index (χ1n) is 4.06. The number of hydrogen-bond donors (Lipinski definition) is 5. The lowest BCUT2D eigenvalue weighted by molar-refractivity contribution is -0.231. The first-order chi connectivity index (χ1) is 6.47. The van der Waals surface area contributed by atoms with E-state index in [1.54, 1.807) is 0 Å². The van der Waals surface area contributed by atoms with Gasteiger partial charge >= 0.3 is 5.97 Å². The quantitative estimate of drug-likeness (QED) is 0.225. The average molecular weight is 194 g/mol. The Balaban J connectivity index is 2.90. The predicted molar refractivity (Wildman–Crippen MR) is 38.1 cm³/mol. The highest BCUT2D eigenvalue weighted by Gasteiger charge is 2.53. The maximum atomic E-state index is 11.0. The Hall–Kier alpha value is -0.730. The maximum absolute atomic E-state index is 11.0. The highest BCUT2D eigenvalue weighted by Crippen LogP contribution is 2.21. The molecular weight excluding hydrogens is 182 g/mol. The Bertz CT molecular complexity index is 238. The topological polar surface area (TPSA) is 133 Å². The predicted octanol–water partition coefficient (Wildman–Crippen LogP) is -3.73. The molecule has 4 atom stereocenters. The van der Waals surface area contributed by atoms with Gasteiger partial charge in [0, 0.05) is 0 Å². The molecule has 0 amide bonds. The first kappa shape index (κ1) is 8.85. The average Bonchev–Trinajstić information content (AvgIpc) is 2.20. The second-order valence-electron chi connectivity index (χ2n) is 2.83. The summed E-state index contributed by atoms with van der Waals surface area (Å²) in [6.07, 6.45) is -4.88. The van der Waals surface area contributed by atoms with E-state index >= 15 is 0 Å². The number of ether oxygens (including phenoxy) is 1. The van der Waals surface area contributed by atoms with Crippen molar-refractivity contribution in [2.45, 2.75) is 24.0 Å². The van der Waals surface area contributed by atoms with Gasteiger partial charge in [0.15, 0.2) is 6.10 Å². The van der Waals surface area contributed by atoms with Crippen molar-refractivity contribution in [3.63, 3.8) is 0 Å². The van der Waals surface area contributed by atoms with Gasteiger partial charge in [0.1, 0.15) is 13.6 Å². The molecule has 1 heterocycles. The summed E-state index contributed by atoms with van der Waals surface area (Å²) in [7, 11) is 0. The smallest absolute Gasteiger partial charge is 0.356 e. The highest BCUT2D eigenvalue weighted by atomic mass is 16.6. The fraction of sp³-hybridized carbons (Fsp3) is 0.833. The van der Waals surface area contributed by atoms with Gasteiger partial charge in [-0.15, -0.1) is 0 Å². The van der Waals surface area contributed by atoms with E-state index in [0.717, 1.165) is 0 Å². The molecule has 76 valence electrons. The Labute approximate surface area is 74.8 Å². The van der Waals surface area contributed by atoms with Crippen LogP contribution in [0.25, 0.3) is 0 Å². The molecule has 1 fully saturated rings. The van der Waals surface area contributed by atoms with Crippen molar-refractivity contribution in [1.29, 1.82) is 0 Å². The molecule has 1 aliphatic heterocycles. The van der Waals surface area contributed by atoms with Crippen LogP contribution in [-0.4, -0.2) is 57.0 Å². The summed E-state index contributed by atoms with van der Waals surface area (Å²) in [6, 6.07) is 0. The monoisotopic (exact) mass is 194 g/mol. The molecule has 6 N–H and O–H groups in total. The molecule has 7 heteroatoms. The fourth-order valence-corrected chi connectivity index (χ4v) is 1.01. The van der Waals surface area contributed by atoms with Gasteiger partial charge in [0.05, 0.1) is 6.61 Å². The van der Waals surface area contributed by atoms with Gasteiger partial charge in [-0.1, -0.05) is 0 Å². The third kappa shape index (κ3) is 1.52. The van der Waals surface area contributed by atoms with Gasteiger partial charge in [0.25, 0.3) is 0 Å². The number of cyclic esters (lactones) is 1. The molecule has 0 aromatic carbocycles. The van der Waals surface area contributed by atoms with E-state index in [4.69, 9.17) is 6.52 Å². The third-order valence-electron chi connectivity index (χ3n) is 1.88. The van der Waals surface area contributed by atoms with Crippen LogP contribution in [0.5, 0.6) is 0 Å². The van der Waals surface area contributed by atoms with Crippen molar-refractivity contribution in [1.82, 2.24) is 0 Å². The normalized spacial score (nSPS) is 46.9. The molecule has 13 heavy (non-hydrogen) atoms. The Morgan fingerprint density at radius 2 is 2.31 bits per heavy atom. The molecule has 0 unspecified atom stereocenters.